The molecule has 1 N–H and O–H groups in total. The molecule has 0 amide bonds. The largest absolute Gasteiger partial charge is 0.265 e. The lowest BCUT2D eigenvalue weighted by atomic mass is 10.1. The SMILES string of the molecule is CC(NS(=O)(=O)c1cc(Cl)c(Br)s1)c1ccncc1. The summed E-state index contributed by atoms with van der Waals surface area (Å²) in [5.74, 6) is 0. The Labute approximate surface area is 129 Å². The van der Waals surface area contributed by atoms with Gasteiger partial charge in [-0.25, -0.2) is 13.1 Å². The second-order valence-corrected chi connectivity index (χ2v) is 8.53. The van der Waals surface area contributed by atoms with Gasteiger partial charge in [0.25, 0.3) is 10.0 Å². The summed E-state index contributed by atoms with van der Waals surface area (Å²) < 4.78 is 27.8. The number of halogens is 2. The van der Waals surface area contributed by atoms with Crippen LogP contribution in [0.15, 0.2) is 38.6 Å². The van der Waals surface area contributed by atoms with E-state index in [-0.39, 0.29) is 10.3 Å². The lowest BCUT2D eigenvalue weighted by Crippen LogP contribution is -2.26. The Kier molecular flexibility index (Phi) is 4.62. The number of aromatic nitrogens is 1. The maximum atomic E-state index is 12.2. The first kappa shape index (κ1) is 14.9. The molecule has 0 aromatic carbocycles. The molecule has 1 atom stereocenters. The van der Waals surface area contributed by atoms with Crippen molar-refractivity contribution in [1.29, 1.82) is 0 Å². The molecular weight excluding hydrogens is 372 g/mol. The summed E-state index contributed by atoms with van der Waals surface area (Å²) in [4.78, 5) is 3.90. The second kappa shape index (κ2) is 5.88. The van der Waals surface area contributed by atoms with Crippen LogP contribution in [0, 0.1) is 0 Å². The molecule has 1 unspecified atom stereocenters. The molecule has 0 saturated carbocycles. The fourth-order valence-electron chi connectivity index (χ4n) is 1.47. The summed E-state index contributed by atoms with van der Waals surface area (Å²) in [5.41, 5.74) is 0.847. The van der Waals surface area contributed by atoms with Crippen molar-refractivity contribution in [1.82, 2.24) is 9.71 Å². The molecule has 102 valence electrons. The van der Waals surface area contributed by atoms with Crippen molar-refractivity contribution < 1.29 is 8.42 Å². The van der Waals surface area contributed by atoms with Crippen LogP contribution in [0.3, 0.4) is 0 Å². The highest BCUT2D eigenvalue weighted by Gasteiger charge is 2.21. The molecular formula is C11H10BrClN2O2S2. The van der Waals surface area contributed by atoms with E-state index < -0.39 is 10.0 Å². The van der Waals surface area contributed by atoms with Gasteiger partial charge >= 0.3 is 0 Å². The van der Waals surface area contributed by atoms with Crippen LogP contribution in [-0.2, 0) is 10.0 Å². The van der Waals surface area contributed by atoms with E-state index in [0.29, 0.717) is 8.81 Å². The molecule has 0 aliphatic rings. The smallest absolute Gasteiger partial charge is 0.250 e. The third kappa shape index (κ3) is 3.55. The quantitative estimate of drug-likeness (QED) is 0.880. The highest BCUT2D eigenvalue weighted by molar-refractivity contribution is 9.11. The molecule has 8 heteroatoms. The van der Waals surface area contributed by atoms with E-state index in [1.807, 2.05) is 0 Å². The number of pyridine rings is 1. The van der Waals surface area contributed by atoms with E-state index in [2.05, 4.69) is 25.6 Å². The predicted octanol–water partition coefficient (Wildman–Crippen LogP) is 3.60. The minimum atomic E-state index is -3.58. The first-order valence-electron chi connectivity index (χ1n) is 5.27. The third-order valence-corrected chi connectivity index (χ3v) is 6.91. The van der Waals surface area contributed by atoms with Crippen molar-refractivity contribution in [3.05, 3.63) is 45.0 Å². The Bertz CT molecular complexity index is 654. The van der Waals surface area contributed by atoms with Gasteiger partial charge in [-0.05, 0) is 46.6 Å². The van der Waals surface area contributed by atoms with Gasteiger partial charge in [0.05, 0.1) is 8.81 Å². The molecule has 0 spiro atoms. The Morgan fingerprint density at radius 2 is 2.05 bits per heavy atom. The van der Waals surface area contributed by atoms with Gasteiger partial charge in [-0.2, -0.15) is 0 Å². The summed E-state index contributed by atoms with van der Waals surface area (Å²) in [6, 6.07) is 4.63. The summed E-state index contributed by atoms with van der Waals surface area (Å²) in [6.45, 7) is 1.77. The lowest BCUT2D eigenvalue weighted by molar-refractivity contribution is 0.569. The Morgan fingerprint density at radius 3 is 2.58 bits per heavy atom. The van der Waals surface area contributed by atoms with Crippen molar-refractivity contribution in [2.24, 2.45) is 0 Å². The molecule has 19 heavy (non-hydrogen) atoms. The molecule has 0 bridgehead atoms. The monoisotopic (exact) mass is 380 g/mol. The average molecular weight is 382 g/mol. The van der Waals surface area contributed by atoms with Gasteiger partial charge in [-0.3, -0.25) is 4.98 Å². The maximum absolute atomic E-state index is 12.2. The summed E-state index contributed by atoms with van der Waals surface area (Å²) in [6.07, 6.45) is 3.25. The standard InChI is InChI=1S/C11H10BrClN2O2S2/c1-7(8-2-4-14-5-3-8)15-19(16,17)10-6-9(13)11(12)18-10/h2-7,15H,1H3. The van der Waals surface area contributed by atoms with Crippen LogP contribution in [0.2, 0.25) is 5.02 Å². The number of hydrogen-bond donors (Lipinski definition) is 1. The first-order valence-corrected chi connectivity index (χ1v) is 8.74. The number of nitrogens with zero attached hydrogens (tertiary/aromatic N) is 1. The fourth-order valence-corrected chi connectivity index (χ4v) is 5.12. The van der Waals surface area contributed by atoms with Gasteiger partial charge < -0.3 is 0 Å². The highest BCUT2D eigenvalue weighted by atomic mass is 79.9. The predicted molar refractivity (Wildman–Crippen MR) is 80.0 cm³/mol. The Balaban J connectivity index is 2.22. The number of nitrogens with one attached hydrogen (secondary N) is 1. The maximum Gasteiger partial charge on any atom is 0.250 e. The summed E-state index contributed by atoms with van der Waals surface area (Å²) in [7, 11) is -3.58. The lowest BCUT2D eigenvalue weighted by Gasteiger charge is -2.13. The van der Waals surface area contributed by atoms with E-state index in [4.69, 9.17) is 11.6 Å². The molecule has 0 aliphatic carbocycles. The van der Waals surface area contributed by atoms with Gasteiger partial charge in [-0.15, -0.1) is 11.3 Å². The molecule has 2 aromatic heterocycles. The molecule has 2 aromatic rings. The molecule has 2 heterocycles. The molecule has 0 fully saturated rings. The molecule has 4 nitrogen and oxygen atoms in total. The van der Waals surface area contributed by atoms with Crippen molar-refractivity contribution in [3.63, 3.8) is 0 Å². The van der Waals surface area contributed by atoms with Crippen LogP contribution in [0.4, 0.5) is 0 Å². The van der Waals surface area contributed by atoms with E-state index in [1.54, 1.807) is 31.5 Å². The number of rotatable bonds is 4. The Morgan fingerprint density at radius 1 is 1.42 bits per heavy atom. The minimum absolute atomic E-state index is 0.185. The second-order valence-electron chi connectivity index (χ2n) is 3.81. The van der Waals surface area contributed by atoms with Crippen LogP contribution in [0.1, 0.15) is 18.5 Å². The van der Waals surface area contributed by atoms with Crippen molar-refractivity contribution in [3.8, 4) is 0 Å². The molecule has 0 radical (unpaired) electrons. The Hall–Kier alpha value is -0.470. The first-order chi connectivity index (χ1) is 8.90. The fraction of sp³-hybridized carbons (Fsp3) is 0.182. The number of thiophene rings is 1. The molecule has 0 aliphatic heterocycles. The van der Waals surface area contributed by atoms with Gasteiger partial charge in [-0.1, -0.05) is 11.6 Å². The van der Waals surface area contributed by atoms with Crippen LogP contribution in [0.5, 0.6) is 0 Å². The van der Waals surface area contributed by atoms with Gasteiger partial charge in [0, 0.05) is 18.4 Å². The topological polar surface area (TPSA) is 59.1 Å². The third-order valence-electron chi connectivity index (χ3n) is 2.43. The zero-order chi connectivity index (χ0) is 14.0. The number of hydrogen-bond acceptors (Lipinski definition) is 4. The van der Waals surface area contributed by atoms with Crippen molar-refractivity contribution in [2.45, 2.75) is 17.2 Å². The average Bonchev–Trinajstić information content (AvgIpc) is 2.71. The minimum Gasteiger partial charge on any atom is -0.265 e. The molecule has 2 rings (SSSR count). The van der Waals surface area contributed by atoms with E-state index in [0.717, 1.165) is 16.9 Å². The van der Waals surface area contributed by atoms with Gasteiger partial charge in [0.15, 0.2) is 0 Å². The number of sulfonamides is 1. The van der Waals surface area contributed by atoms with Crippen LogP contribution >= 0.6 is 38.9 Å². The van der Waals surface area contributed by atoms with Crippen LogP contribution in [-0.4, -0.2) is 13.4 Å². The van der Waals surface area contributed by atoms with Crippen molar-refractivity contribution >= 4 is 48.9 Å². The van der Waals surface area contributed by atoms with E-state index in [1.165, 1.54) is 6.07 Å². The van der Waals surface area contributed by atoms with Gasteiger partial charge in [0.2, 0.25) is 0 Å². The molecule has 0 saturated heterocycles. The van der Waals surface area contributed by atoms with E-state index >= 15 is 0 Å². The van der Waals surface area contributed by atoms with Crippen molar-refractivity contribution in [2.75, 3.05) is 0 Å². The zero-order valence-electron chi connectivity index (χ0n) is 9.80. The van der Waals surface area contributed by atoms with E-state index in [9.17, 15) is 8.42 Å². The van der Waals surface area contributed by atoms with Crippen LogP contribution in [0.25, 0.3) is 0 Å². The highest BCUT2D eigenvalue weighted by Crippen LogP contribution is 2.34. The summed E-state index contributed by atoms with van der Waals surface area (Å²) in [5, 5.41) is 0.391. The van der Waals surface area contributed by atoms with Gasteiger partial charge in [0.1, 0.15) is 4.21 Å². The normalized spacial score (nSPS) is 13.4. The summed E-state index contributed by atoms with van der Waals surface area (Å²) >= 11 is 10.1. The zero-order valence-corrected chi connectivity index (χ0v) is 13.8. The van der Waals surface area contributed by atoms with Crippen LogP contribution < -0.4 is 4.72 Å².